The van der Waals surface area contributed by atoms with E-state index in [9.17, 15) is 0 Å². The zero-order valence-corrected chi connectivity index (χ0v) is 10.4. The summed E-state index contributed by atoms with van der Waals surface area (Å²) in [5, 5.41) is 8.96. The molecule has 0 spiro atoms. The number of nitrogens with two attached hydrogens (primary N) is 1. The zero-order chi connectivity index (χ0) is 12.3. The van der Waals surface area contributed by atoms with Gasteiger partial charge in [0.15, 0.2) is 0 Å². The van der Waals surface area contributed by atoms with Crippen molar-refractivity contribution in [1.29, 1.82) is 0 Å². The predicted molar refractivity (Wildman–Crippen MR) is 68.9 cm³/mol. The van der Waals surface area contributed by atoms with Crippen molar-refractivity contribution in [1.82, 2.24) is 4.98 Å². The van der Waals surface area contributed by atoms with Gasteiger partial charge in [-0.1, -0.05) is 0 Å². The molecule has 1 fully saturated rings. The SMILES string of the molecule is Cc1cc(CN)cnc1N1CCC(CCO)C1. The van der Waals surface area contributed by atoms with Crippen molar-refractivity contribution >= 4 is 5.82 Å². The van der Waals surface area contributed by atoms with Crippen LogP contribution in [0.3, 0.4) is 0 Å². The Labute approximate surface area is 102 Å². The molecular formula is C13H21N3O. The summed E-state index contributed by atoms with van der Waals surface area (Å²) in [5.74, 6) is 1.68. The van der Waals surface area contributed by atoms with E-state index in [0.717, 1.165) is 37.3 Å². The van der Waals surface area contributed by atoms with Gasteiger partial charge in [-0.3, -0.25) is 0 Å². The van der Waals surface area contributed by atoms with Crippen LogP contribution in [0.1, 0.15) is 24.0 Å². The van der Waals surface area contributed by atoms with Gasteiger partial charge in [-0.05, 0) is 42.9 Å². The number of anilines is 1. The van der Waals surface area contributed by atoms with Crippen LogP contribution in [0.2, 0.25) is 0 Å². The molecule has 2 heterocycles. The van der Waals surface area contributed by atoms with Crippen LogP contribution < -0.4 is 10.6 Å². The first-order chi connectivity index (χ1) is 8.24. The van der Waals surface area contributed by atoms with Crippen LogP contribution in [-0.2, 0) is 6.54 Å². The van der Waals surface area contributed by atoms with Crippen molar-refractivity contribution in [3.63, 3.8) is 0 Å². The monoisotopic (exact) mass is 235 g/mol. The molecule has 1 atom stereocenters. The molecule has 0 radical (unpaired) electrons. The van der Waals surface area contributed by atoms with Gasteiger partial charge in [-0.15, -0.1) is 0 Å². The van der Waals surface area contributed by atoms with Crippen molar-refractivity contribution < 1.29 is 5.11 Å². The molecule has 1 unspecified atom stereocenters. The van der Waals surface area contributed by atoms with Gasteiger partial charge in [0, 0.05) is 32.4 Å². The maximum absolute atomic E-state index is 8.96. The Morgan fingerprint density at radius 3 is 3.06 bits per heavy atom. The Morgan fingerprint density at radius 2 is 2.41 bits per heavy atom. The van der Waals surface area contributed by atoms with Crippen LogP contribution in [0.5, 0.6) is 0 Å². The normalized spacial score (nSPS) is 19.9. The number of hydrogen-bond donors (Lipinski definition) is 2. The molecule has 94 valence electrons. The number of hydrogen-bond acceptors (Lipinski definition) is 4. The molecular weight excluding hydrogens is 214 g/mol. The van der Waals surface area contributed by atoms with Crippen molar-refractivity contribution in [2.75, 3.05) is 24.6 Å². The Kier molecular flexibility index (Phi) is 3.97. The number of pyridine rings is 1. The maximum atomic E-state index is 8.96. The number of aryl methyl sites for hydroxylation is 1. The van der Waals surface area contributed by atoms with E-state index in [1.165, 1.54) is 5.56 Å². The molecule has 1 aromatic heterocycles. The molecule has 4 nitrogen and oxygen atoms in total. The molecule has 0 bridgehead atoms. The highest BCUT2D eigenvalue weighted by atomic mass is 16.3. The Morgan fingerprint density at radius 1 is 1.59 bits per heavy atom. The summed E-state index contributed by atoms with van der Waals surface area (Å²) in [6.45, 7) is 4.97. The first-order valence-electron chi connectivity index (χ1n) is 6.26. The van der Waals surface area contributed by atoms with E-state index in [4.69, 9.17) is 10.8 Å². The molecule has 0 aliphatic carbocycles. The number of aliphatic hydroxyl groups excluding tert-OH is 1. The van der Waals surface area contributed by atoms with Gasteiger partial charge < -0.3 is 15.7 Å². The summed E-state index contributed by atoms with van der Waals surface area (Å²) >= 11 is 0. The number of nitrogens with zero attached hydrogens (tertiary/aromatic N) is 2. The average molecular weight is 235 g/mol. The number of aliphatic hydroxyl groups is 1. The summed E-state index contributed by atoms with van der Waals surface area (Å²) in [5.41, 5.74) is 7.88. The zero-order valence-electron chi connectivity index (χ0n) is 10.4. The minimum Gasteiger partial charge on any atom is -0.396 e. The lowest BCUT2D eigenvalue weighted by Crippen LogP contribution is -2.22. The standard InChI is InChI=1S/C13H21N3O/c1-10-6-12(7-14)8-15-13(10)16-4-2-11(9-16)3-5-17/h6,8,11,17H,2-5,7,9,14H2,1H3. The van der Waals surface area contributed by atoms with Gasteiger partial charge in [0.1, 0.15) is 5.82 Å². The third-order valence-corrected chi connectivity index (χ3v) is 3.47. The molecule has 2 rings (SSSR count). The van der Waals surface area contributed by atoms with Gasteiger partial charge in [0.25, 0.3) is 0 Å². The fraction of sp³-hybridized carbons (Fsp3) is 0.615. The maximum Gasteiger partial charge on any atom is 0.131 e. The first-order valence-corrected chi connectivity index (χ1v) is 6.26. The summed E-state index contributed by atoms with van der Waals surface area (Å²) < 4.78 is 0. The van der Waals surface area contributed by atoms with Gasteiger partial charge in [0.05, 0.1) is 0 Å². The second-order valence-corrected chi connectivity index (χ2v) is 4.80. The van der Waals surface area contributed by atoms with E-state index in [0.29, 0.717) is 12.5 Å². The van der Waals surface area contributed by atoms with Crippen molar-refractivity contribution in [3.8, 4) is 0 Å². The van der Waals surface area contributed by atoms with Gasteiger partial charge in [-0.25, -0.2) is 4.98 Å². The molecule has 0 amide bonds. The number of rotatable bonds is 4. The summed E-state index contributed by atoms with van der Waals surface area (Å²) in [7, 11) is 0. The van der Waals surface area contributed by atoms with Crippen LogP contribution in [0.4, 0.5) is 5.82 Å². The Hall–Kier alpha value is -1.13. The molecule has 1 aliphatic heterocycles. The lowest BCUT2D eigenvalue weighted by atomic mass is 10.1. The fourth-order valence-electron chi connectivity index (χ4n) is 2.51. The summed E-state index contributed by atoms with van der Waals surface area (Å²) in [6, 6.07) is 2.11. The molecule has 3 N–H and O–H groups in total. The first kappa shape index (κ1) is 12.3. The predicted octanol–water partition coefficient (Wildman–Crippen LogP) is 1.06. The van der Waals surface area contributed by atoms with Crippen molar-refractivity contribution in [2.45, 2.75) is 26.3 Å². The minimum atomic E-state index is 0.289. The van der Waals surface area contributed by atoms with Gasteiger partial charge >= 0.3 is 0 Å². The van der Waals surface area contributed by atoms with E-state index in [2.05, 4.69) is 22.9 Å². The van der Waals surface area contributed by atoms with Crippen molar-refractivity contribution in [3.05, 3.63) is 23.4 Å². The summed E-state index contributed by atoms with van der Waals surface area (Å²) in [4.78, 5) is 6.82. The highest BCUT2D eigenvalue weighted by molar-refractivity contribution is 5.48. The van der Waals surface area contributed by atoms with Crippen molar-refractivity contribution in [2.24, 2.45) is 11.7 Å². The molecule has 1 saturated heterocycles. The quantitative estimate of drug-likeness (QED) is 0.819. The van der Waals surface area contributed by atoms with Crippen LogP contribution in [0.15, 0.2) is 12.3 Å². The molecule has 1 aliphatic rings. The minimum absolute atomic E-state index is 0.289. The highest BCUT2D eigenvalue weighted by Gasteiger charge is 2.23. The molecule has 0 saturated carbocycles. The van der Waals surface area contributed by atoms with E-state index < -0.39 is 0 Å². The van der Waals surface area contributed by atoms with Gasteiger partial charge in [0.2, 0.25) is 0 Å². The number of aromatic nitrogens is 1. The van der Waals surface area contributed by atoms with Crippen LogP contribution in [-0.4, -0.2) is 29.8 Å². The molecule has 0 aromatic carbocycles. The second kappa shape index (κ2) is 5.47. The van der Waals surface area contributed by atoms with E-state index >= 15 is 0 Å². The smallest absolute Gasteiger partial charge is 0.131 e. The van der Waals surface area contributed by atoms with Crippen LogP contribution in [0, 0.1) is 12.8 Å². The fourth-order valence-corrected chi connectivity index (χ4v) is 2.51. The van der Waals surface area contributed by atoms with E-state index in [1.807, 2.05) is 6.20 Å². The highest BCUT2D eigenvalue weighted by Crippen LogP contribution is 2.26. The molecule has 1 aromatic rings. The third-order valence-electron chi connectivity index (χ3n) is 3.47. The average Bonchev–Trinajstić information content (AvgIpc) is 2.78. The summed E-state index contributed by atoms with van der Waals surface area (Å²) in [6.07, 6.45) is 3.92. The molecule has 17 heavy (non-hydrogen) atoms. The van der Waals surface area contributed by atoms with Crippen LogP contribution >= 0.6 is 0 Å². The largest absolute Gasteiger partial charge is 0.396 e. The van der Waals surface area contributed by atoms with E-state index in [-0.39, 0.29) is 6.61 Å². The Balaban J connectivity index is 2.08. The van der Waals surface area contributed by atoms with E-state index in [1.54, 1.807) is 0 Å². The van der Waals surface area contributed by atoms with Crippen LogP contribution in [0.25, 0.3) is 0 Å². The molecule has 4 heteroatoms. The second-order valence-electron chi connectivity index (χ2n) is 4.80. The lowest BCUT2D eigenvalue weighted by molar-refractivity contribution is 0.263. The third kappa shape index (κ3) is 2.76. The lowest BCUT2D eigenvalue weighted by Gasteiger charge is -2.20. The Bertz CT molecular complexity index is 381. The topological polar surface area (TPSA) is 62.4 Å². The van der Waals surface area contributed by atoms with Gasteiger partial charge in [-0.2, -0.15) is 0 Å².